The number of nitrogens with zero attached hydrogens (tertiary/aromatic N) is 2. The van der Waals surface area contributed by atoms with Crippen molar-refractivity contribution in [3.05, 3.63) is 22.0 Å². The van der Waals surface area contributed by atoms with E-state index in [1.165, 1.54) is 0 Å². The van der Waals surface area contributed by atoms with Crippen molar-refractivity contribution in [3.63, 3.8) is 0 Å². The molecule has 0 spiro atoms. The molecule has 0 atom stereocenters. The number of hydrogen-bond acceptors (Lipinski definition) is 3. The number of aryl methyl sites for hydroxylation is 1. The highest BCUT2D eigenvalue weighted by Crippen LogP contribution is 2.26. The minimum atomic E-state index is 0.0473. The van der Waals surface area contributed by atoms with Gasteiger partial charge >= 0.3 is 0 Å². The smallest absolute Gasteiger partial charge is 0.252 e. The molecule has 2 rings (SSSR count). The van der Waals surface area contributed by atoms with E-state index in [1.807, 2.05) is 18.9 Å². The molecule has 0 saturated heterocycles. The molecule has 70 valence electrons. The van der Waals surface area contributed by atoms with Gasteiger partial charge in [0.05, 0.1) is 5.69 Å². The zero-order valence-electron chi connectivity index (χ0n) is 7.87. The summed E-state index contributed by atoms with van der Waals surface area (Å²) < 4.78 is 1.72. The molecule has 4 heteroatoms. The molecule has 0 bridgehead atoms. The number of rotatable bonds is 0. The molecule has 1 aromatic rings. The van der Waals surface area contributed by atoms with Gasteiger partial charge in [0.25, 0.3) is 5.56 Å². The minimum absolute atomic E-state index is 0.0473. The van der Waals surface area contributed by atoms with E-state index >= 15 is 0 Å². The van der Waals surface area contributed by atoms with E-state index in [0.717, 1.165) is 30.2 Å². The fourth-order valence-electron chi connectivity index (χ4n) is 1.75. The van der Waals surface area contributed by atoms with Gasteiger partial charge in [-0.3, -0.25) is 9.36 Å². The molecule has 0 aliphatic carbocycles. The Morgan fingerprint density at radius 1 is 1.46 bits per heavy atom. The average molecular weight is 179 g/mol. The Labute approximate surface area is 76.6 Å². The molecule has 2 heterocycles. The molecule has 4 nitrogen and oxygen atoms in total. The lowest BCUT2D eigenvalue weighted by molar-refractivity contribution is 0.763. The zero-order chi connectivity index (χ0) is 9.59. The Kier molecular flexibility index (Phi) is 1.58. The summed E-state index contributed by atoms with van der Waals surface area (Å²) in [4.78, 5) is 13.5. The van der Waals surface area contributed by atoms with Crippen LogP contribution >= 0.6 is 0 Å². The number of hydrogen-bond donors (Lipinski definition) is 1. The molecule has 1 aromatic heterocycles. The molecule has 13 heavy (non-hydrogen) atoms. The lowest BCUT2D eigenvalue weighted by Gasteiger charge is -2.14. The molecule has 0 fully saturated rings. The summed E-state index contributed by atoms with van der Waals surface area (Å²) in [6.07, 6.45) is 0. The van der Waals surface area contributed by atoms with Crippen LogP contribution in [0.4, 0.5) is 11.5 Å². The summed E-state index contributed by atoms with van der Waals surface area (Å²) >= 11 is 0. The maximum absolute atomic E-state index is 11.5. The van der Waals surface area contributed by atoms with Crippen LogP contribution in [-0.2, 0) is 6.54 Å². The van der Waals surface area contributed by atoms with Crippen LogP contribution in [0, 0.1) is 6.92 Å². The lowest BCUT2D eigenvalue weighted by atomic mass is 10.2. The molecular weight excluding hydrogens is 166 g/mol. The van der Waals surface area contributed by atoms with Crippen molar-refractivity contribution in [3.8, 4) is 0 Å². The summed E-state index contributed by atoms with van der Waals surface area (Å²) in [5, 5.41) is 0. The van der Waals surface area contributed by atoms with E-state index in [4.69, 9.17) is 5.73 Å². The number of likely N-dealkylation sites (N-methyl/N-ethyl adjacent to an activating group) is 1. The van der Waals surface area contributed by atoms with Crippen molar-refractivity contribution >= 4 is 11.5 Å². The standard InChI is InChI=1S/C9H13N3O/c1-6-5-7(13)12-4-3-11(2)9(12)8(6)10/h5H,3-4,10H2,1-2H3. The van der Waals surface area contributed by atoms with Crippen LogP contribution in [0.25, 0.3) is 0 Å². The number of aromatic nitrogens is 1. The van der Waals surface area contributed by atoms with Crippen LogP contribution in [0.15, 0.2) is 10.9 Å². The predicted molar refractivity (Wildman–Crippen MR) is 53.1 cm³/mol. The second kappa shape index (κ2) is 2.52. The van der Waals surface area contributed by atoms with E-state index in [-0.39, 0.29) is 5.56 Å². The highest BCUT2D eigenvalue weighted by Gasteiger charge is 2.20. The number of nitrogens with two attached hydrogens (primary N) is 1. The minimum Gasteiger partial charge on any atom is -0.396 e. The van der Waals surface area contributed by atoms with E-state index in [1.54, 1.807) is 10.6 Å². The lowest BCUT2D eigenvalue weighted by Crippen LogP contribution is -2.20. The van der Waals surface area contributed by atoms with Crippen LogP contribution in [0.2, 0.25) is 0 Å². The number of pyridine rings is 1. The topological polar surface area (TPSA) is 51.3 Å². The van der Waals surface area contributed by atoms with Crippen molar-refractivity contribution < 1.29 is 0 Å². The average Bonchev–Trinajstić information content (AvgIpc) is 2.44. The van der Waals surface area contributed by atoms with Crippen molar-refractivity contribution in [2.45, 2.75) is 13.5 Å². The van der Waals surface area contributed by atoms with Crippen LogP contribution in [-0.4, -0.2) is 18.2 Å². The predicted octanol–water partition coefficient (Wildman–Crippen LogP) is 0.189. The Bertz CT molecular complexity index is 408. The third kappa shape index (κ3) is 1.02. The second-order valence-corrected chi connectivity index (χ2v) is 3.48. The van der Waals surface area contributed by atoms with E-state index < -0.39 is 0 Å². The second-order valence-electron chi connectivity index (χ2n) is 3.48. The molecule has 1 aliphatic heterocycles. The molecule has 0 saturated carbocycles. The number of anilines is 2. The zero-order valence-corrected chi connectivity index (χ0v) is 7.87. The first-order chi connectivity index (χ1) is 6.11. The molecule has 1 aliphatic rings. The normalized spacial score (nSPS) is 14.8. The molecule has 0 aromatic carbocycles. The molecule has 0 unspecified atom stereocenters. The van der Waals surface area contributed by atoms with Gasteiger partial charge in [-0.1, -0.05) is 0 Å². The van der Waals surface area contributed by atoms with E-state index in [0.29, 0.717) is 0 Å². The van der Waals surface area contributed by atoms with Gasteiger partial charge < -0.3 is 10.6 Å². The largest absolute Gasteiger partial charge is 0.396 e. The van der Waals surface area contributed by atoms with Crippen molar-refractivity contribution in [2.75, 3.05) is 24.2 Å². The first kappa shape index (κ1) is 8.16. The van der Waals surface area contributed by atoms with Crippen LogP contribution in [0.3, 0.4) is 0 Å². The maximum atomic E-state index is 11.5. The Hall–Kier alpha value is -1.45. The summed E-state index contributed by atoms with van der Waals surface area (Å²) in [6.45, 7) is 3.47. The van der Waals surface area contributed by atoms with Crippen LogP contribution in [0.1, 0.15) is 5.56 Å². The number of fused-ring (bicyclic) bond motifs is 1. The van der Waals surface area contributed by atoms with Crippen molar-refractivity contribution in [1.29, 1.82) is 0 Å². The van der Waals surface area contributed by atoms with Gasteiger partial charge in [-0.25, -0.2) is 0 Å². The van der Waals surface area contributed by atoms with Gasteiger partial charge in [0, 0.05) is 26.2 Å². The van der Waals surface area contributed by atoms with Crippen LogP contribution in [0.5, 0.6) is 0 Å². The molecule has 0 radical (unpaired) electrons. The van der Waals surface area contributed by atoms with E-state index in [2.05, 4.69) is 0 Å². The highest BCUT2D eigenvalue weighted by molar-refractivity contribution is 5.68. The van der Waals surface area contributed by atoms with Gasteiger partial charge in [0.2, 0.25) is 0 Å². The monoisotopic (exact) mass is 179 g/mol. The quantitative estimate of drug-likeness (QED) is 0.618. The van der Waals surface area contributed by atoms with Gasteiger partial charge in [-0.05, 0) is 12.5 Å². The highest BCUT2D eigenvalue weighted by atomic mass is 16.1. The summed E-state index contributed by atoms with van der Waals surface area (Å²) in [7, 11) is 1.95. The van der Waals surface area contributed by atoms with Crippen molar-refractivity contribution in [2.24, 2.45) is 0 Å². The summed E-state index contributed by atoms with van der Waals surface area (Å²) in [5.74, 6) is 0.866. The number of nitrogen functional groups attached to an aromatic ring is 1. The van der Waals surface area contributed by atoms with Crippen LogP contribution < -0.4 is 16.2 Å². The Morgan fingerprint density at radius 2 is 2.15 bits per heavy atom. The van der Waals surface area contributed by atoms with Gasteiger partial charge in [0.1, 0.15) is 5.82 Å². The molecular formula is C9H13N3O. The Morgan fingerprint density at radius 3 is 2.85 bits per heavy atom. The molecule has 2 N–H and O–H groups in total. The van der Waals surface area contributed by atoms with E-state index in [9.17, 15) is 4.79 Å². The van der Waals surface area contributed by atoms with Gasteiger partial charge in [0.15, 0.2) is 0 Å². The SMILES string of the molecule is Cc1cc(=O)n2c(c1N)N(C)CC2. The Balaban J connectivity index is 2.78. The maximum Gasteiger partial charge on any atom is 0.252 e. The fourth-order valence-corrected chi connectivity index (χ4v) is 1.75. The van der Waals surface area contributed by atoms with Crippen molar-refractivity contribution in [1.82, 2.24) is 4.57 Å². The summed E-state index contributed by atoms with van der Waals surface area (Å²) in [6, 6.07) is 1.60. The van der Waals surface area contributed by atoms with Gasteiger partial charge in [-0.15, -0.1) is 0 Å². The third-order valence-corrected chi connectivity index (χ3v) is 2.55. The first-order valence-corrected chi connectivity index (χ1v) is 4.32. The molecule has 0 amide bonds. The first-order valence-electron chi connectivity index (χ1n) is 4.32. The van der Waals surface area contributed by atoms with Gasteiger partial charge in [-0.2, -0.15) is 0 Å². The summed E-state index contributed by atoms with van der Waals surface area (Å²) in [5.41, 5.74) is 7.53. The fraction of sp³-hybridized carbons (Fsp3) is 0.444. The third-order valence-electron chi connectivity index (χ3n) is 2.55.